The maximum Gasteiger partial charge on any atom is 0.306 e. The van der Waals surface area contributed by atoms with Crippen LogP contribution in [0.2, 0.25) is 0 Å². The molecule has 1 spiro atoms. The summed E-state index contributed by atoms with van der Waals surface area (Å²) in [6, 6.07) is 0.400. The molecule has 0 aliphatic heterocycles. The summed E-state index contributed by atoms with van der Waals surface area (Å²) in [7, 11) is 0. The van der Waals surface area contributed by atoms with Crippen LogP contribution in [-0.4, -0.2) is 37.1 Å². The van der Waals surface area contributed by atoms with Gasteiger partial charge in [0.05, 0.1) is 12.2 Å². The molecule has 3 N–H and O–H groups in total. The highest BCUT2D eigenvalue weighted by atomic mass is 16.4. The van der Waals surface area contributed by atoms with Crippen LogP contribution in [0.5, 0.6) is 0 Å². The maximum atomic E-state index is 11.1. The van der Waals surface area contributed by atoms with Gasteiger partial charge in [-0.15, -0.1) is 0 Å². The number of hydrogen-bond acceptors (Lipinski definition) is 5. The minimum absolute atomic E-state index is 0.137. The van der Waals surface area contributed by atoms with Gasteiger partial charge in [0.25, 0.3) is 0 Å². The number of anilines is 1. The van der Waals surface area contributed by atoms with Crippen molar-refractivity contribution in [3.8, 4) is 0 Å². The van der Waals surface area contributed by atoms with Crippen molar-refractivity contribution in [2.75, 3.05) is 5.32 Å². The van der Waals surface area contributed by atoms with Gasteiger partial charge in [-0.25, -0.2) is 15.0 Å². The van der Waals surface area contributed by atoms with Crippen LogP contribution < -0.4 is 5.32 Å². The zero-order valence-electron chi connectivity index (χ0n) is 13.2. The van der Waals surface area contributed by atoms with E-state index in [1.807, 2.05) is 6.92 Å². The molecule has 0 saturated heterocycles. The minimum atomic E-state index is -0.632. The monoisotopic (exact) mass is 315 g/mol. The molecule has 23 heavy (non-hydrogen) atoms. The van der Waals surface area contributed by atoms with Gasteiger partial charge >= 0.3 is 5.97 Å². The molecular formula is C16H21N5O2. The molecule has 2 saturated carbocycles. The van der Waals surface area contributed by atoms with Crippen LogP contribution in [0.3, 0.4) is 0 Å². The third-order valence-electron chi connectivity index (χ3n) is 5.49. The highest BCUT2D eigenvalue weighted by molar-refractivity contribution is 5.82. The fourth-order valence-corrected chi connectivity index (χ4v) is 4.21. The molecule has 0 radical (unpaired) electrons. The maximum absolute atomic E-state index is 11.1. The summed E-state index contributed by atoms with van der Waals surface area (Å²) in [6.45, 7) is 1.87. The average Bonchev–Trinajstić information content (AvgIpc) is 2.94. The number of carboxylic acid groups (broad SMARTS) is 1. The van der Waals surface area contributed by atoms with Crippen molar-refractivity contribution in [2.24, 2.45) is 11.3 Å². The minimum Gasteiger partial charge on any atom is -0.481 e. The summed E-state index contributed by atoms with van der Waals surface area (Å²) in [4.78, 5) is 27.2. The Kier molecular flexibility index (Phi) is 3.25. The molecule has 2 aromatic rings. The Morgan fingerprint density at radius 1 is 1.35 bits per heavy atom. The molecule has 2 aliphatic rings. The molecule has 0 aromatic carbocycles. The Bertz CT molecular complexity index is 740. The number of nitrogens with one attached hydrogen (secondary N) is 2. The van der Waals surface area contributed by atoms with Crippen LogP contribution in [0.25, 0.3) is 11.2 Å². The van der Waals surface area contributed by atoms with E-state index >= 15 is 0 Å². The highest BCUT2D eigenvalue weighted by Gasteiger charge is 2.47. The Balaban J connectivity index is 1.41. The van der Waals surface area contributed by atoms with E-state index in [2.05, 4.69) is 25.3 Å². The lowest BCUT2D eigenvalue weighted by atomic mass is 9.57. The van der Waals surface area contributed by atoms with E-state index in [-0.39, 0.29) is 5.92 Å². The summed E-state index contributed by atoms with van der Waals surface area (Å²) < 4.78 is 0. The molecule has 2 aromatic heterocycles. The highest BCUT2D eigenvalue weighted by Crippen LogP contribution is 2.53. The lowest BCUT2D eigenvalue weighted by molar-refractivity contribution is -0.144. The van der Waals surface area contributed by atoms with Crippen LogP contribution in [0.15, 0.2) is 6.33 Å². The predicted octanol–water partition coefficient (Wildman–Crippen LogP) is 2.50. The number of aliphatic carboxylic acids is 1. The van der Waals surface area contributed by atoms with E-state index < -0.39 is 5.97 Å². The molecule has 0 amide bonds. The SMILES string of the molecule is Cc1nc(NC2CC3(CCC(C(=O)O)CC3)C2)c2[nH]cnc2n1. The zero-order chi connectivity index (χ0) is 16.0. The van der Waals surface area contributed by atoms with Crippen molar-refractivity contribution < 1.29 is 9.90 Å². The van der Waals surface area contributed by atoms with Gasteiger partial charge in [-0.05, 0) is 50.9 Å². The van der Waals surface area contributed by atoms with E-state index in [0.29, 0.717) is 22.9 Å². The number of rotatable bonds is 3. The Morgan fingerprint density at radius 3 is 2.78 bits per heavy atom. The van der Waals surface area contributed by atoms with Gasteiger partial charge in [0.2, 0.25) is 0 Å². The van der Waals surface area contributed by atoms with Gasteiger partial charge in [-0.3, -0.25) is 4.79 Å². The summed E-state index contributed by atoms with van der Waals surface area (Å²) in [5.74, 6) is 0.765. The number of hydrogen-bond donors (Lipinski definition) is 3. The normalized spacial score (nSPS) is 30.3. The smallest absolute Gasteiger partial charge is 0.306 e. The van der Waals surface area contributed by atoms with Crippen molar-refractivity contribution in [2.45, 2.75) is 51.5 Å². The number of carboxylic acids is 1. The number of imidazole rings is 1. The number of aromatic amines is 1. The molecule has 2 fully saturated rings. The summed E-state index contributed by atoms with van der Waals surface area (Å²) in [5, 5.41) is 12.6. The number of aromatic nitrogens is 4. The molecule has 4 rings (SSSR count). The van der Waals surface area contributed by atoms with E-state index in [4.69, 9.17) is 5.11 Å². The van der Waals surface area contributed by atoms with Gasteiger partial charge in [0.1, 0.15) is 11.3 Å². The summed E-state index contributed by atoms with van der Waals surface area (Å²) in [6.07, 6.45) is 7.53. The first-order valence-electron chi connectivity index (χ1n) is 8.22. The zero-order valence-corrected chi connectivity index (χ0v) is 13.2. The predicted molar refractivity (Wildman–Crippen MR) is 85.1 cm³/mol. The Labute approximate surface area is 133 Å². The fourth-order valence-electron chi connectivity index (χ4n) is 4.21. The molecule has 0 bridgehead atoms. The van der Waals surface area contributed by atoms with Crippen molar-refractivity contribution in [3.63, 3.8) is 0 Å². The van der Waals surface area contributed by atoms with Crippen LogP contribution in [0.4, 0.5) is 5.82 Å². The third kappa shape index (κ3) is 2.54. The fraction of sp³-hybridized carbons (Fsp3) is 0.625. The standard InChI is InChI=1S/C16H21N5O2/c1-9-19-13-12(17-8-18-13)14(20-9)21-11-6-16(7-11)4-2-10(3-5-16)15(22)23/h8,10-11H,2-7H2,1H3,(H,22,23)(H2,17,18,19,20,21). The van der Waals surface area contributed by atoms with Crippen LogP contribution in [0.1, 0.15) is 44.3 Å². The lowest BCUT2D eigenvalue weighted by Crippen LogP contribution is -2.47. The van der Waals surface area contributed by atoms with Crippen LogP contribution >= 0.6 is 0 Å². The molecule has 7 nitrogen and oxygen atoms in total. The largest absolute Gasteiger partial charge is 0.481 e. The average molecular weight is 315 g/mol. The quantitative estimate of drug-likeness (QED) is 0.804. The van der Waals surface area contributed by atoms with E-state index in [1.165, 1.54) is 0 Å². The van der Waals surface area contributed by atoms with Gasteiger partial charge < -0.3 is 15.4 Å². The number of H-pyrrole nitrogens is 1. The van der Waals surface area contributed by atoms with Gasteiger partial charge in [-0.1, -0.05) is 0 Å². The van der Waals surface area contributed by atoms with Crippen molar-refractivity contribution in [3.05, 3.63) is 12.2 Å². The number of aryl methyl sites for hydroxylation is 1. The lowest BCUT2D eigenvalue weighted by Gasteiger charge is -2.51. The third-order valence-corrected chi connectivity index (χ3v) is 5.49. The molecule has 2 aliphatic carbocycles. The first-order valence-corrected chi connectivity index (χ1v) is 8.22. The molecule has 7 heteroatoms. The molecule has 0 atom stereocenters. The first kappa shape index (κ1) is 14.4. The second-order valence-corrected chi connectivity index (χ2v) is 7.08. The molecule has 2 heterocycles. The number of nitrogens with zero attached hydrogens (tertiary/aromatic N) is 3. The number of carbonyl (C=O) groups is 1. The van der Waals surface area contributed by atoms with E-state index in [9.17, 15) is 4.79 Å². The summed E-state index contributed by atoms with van der Waals surface area (Å²) in [5.41, 5.74) is 1.89. The van der Waals surface area contributed by atoms with Crippen LogP contribution in [-0.2, 0) is 4.79 Å². The molecule has 122 valence electrons. The van der Waals surface area contributed by atoms with Crippen molar-refractivity contribution >= 4 is 23.0 Å². The second-order valence-electron chi connectivity index (χ2n) is 7.08. The molecular weight excluding hydrogens is 294 g/mol. The summed E-state index contributed by atoms with van der Waals surface area (Å²) >= 11 is 0. The molecule has 0 unspecified atom stereocenters. The van der Waals surface area contributed by atoms with E-state index in [0.717, 1.165) is 49.9 Å². The van der Waals surface area contributed by atoms with Crippen molar-refractivity contribution in [1.82, 2.24) is 19.9 Å². The van der Waals surface area contributed by atoms with E-state index in [1.54, 1.807) is 6.33 Å². The Hall–Kier alpha value is -2.18. The topological polar surface area (TPSA) is 104 Å². The van der Waals surface area contributed by atoms with Gasteiger partial charge in [0, 0.05) is 6.04 Å². The first-order chi connectivity index (χ1) is 11.0. The van der Waals surface area contributed by atoms with Crippen LogP contribution in [0, 0.1) is 18.3 Å². The number of fused-ring (bicyclic) bond motifs is 1. The Morgan fingerprint density at radius 2 is 2.09 bits per heavy atom. The van der Waals surface area contributed by atoms with Gasteiger partial charge in [-0.2, -0.15) is 0 Å². The van der Waals surface area contributed by atoms with Gasteiger partial charge in [0.15, 0.2) is 11.5 Å². The van der Waals surface area contributed by atoms with Crippen molar-refractivity contribution in [1.29, 1.82) is 0 Å². The second kappa shape index (κ2) is 5.18.